The van der Waals surface area contributed by atoms with Gasteiger partial charge in [-0.3, -0.25) is 0 Å². The molecule has 0 bridgehead atoms. The zero-order valence-electron chi connectivity index (χ0n) is 7.71. The van der Waals surface area contributed by atoms with Crippen molar-refractivity contribution in [1.82, 2.24) is 0 Å². The van der Waals surface area contributed by atoms with E-state index in [0.717, 1.165) is 6.42 Å². The van der Waals surface area contributed by atoms with Crippen LogP contribution in [0.1, 0.15) is 46.8 Å². The van der Waals surface area contributed by atoms with E-state index in [-0.39, 0.29) is 0 Å². The molecule has 0 N–H and O–H groups in total. The summed E-state index contributed by atoms with van der Waals surface area (Å²) in [7, 11) is 0. The predicted octanol–water partition coefficient (Wildman–Crippen LogP) is 3.20. The van der Waals surface area contributed by atoms with E-state index < -0.39 is 6.52 Å². The van der Waals surface area contributed by atoms with Crippen molar-refractivity contribution in [3.8, 4) is 0 Å². The Bertz CT molecular complexity index is 120. The molecule has 0 spiro atoms. The van der Waals surface area contributed by atoms with Crippen LogP contribution in [0.3, 0.4) is 0 Å². The van der Waals surface area contributed by atoms with E-state index in [2.05, 4.69) is 11.9 Å². The molecule has 0 radical (unpaired) electrons. The monoisotopic (exact) mass is 142 g/mol. The second-order valence-electron chi connectivity index (χ2n) is 2.50. The van der Waals surface area contributed by atoms with E-state index in [9.17, 15) is 0 Å². The van der Waals surface area contributed by atoms with Gasteiger partial charge in [0.2, 0.25) is 5.39 Å². The lowest BCUT2D eigenvalue weighted by molar-refractivity contribution is 0.620. The zero-order chi connectivity index (χ0) is 8.53. The second-order valence-corrected chi connectivity index (χ2v) is 2.50. The van der Waals surface area contributed by atoms with Crippen LogP contribution in [0.25, 0.3) is 4.98 Å². The summed E-state index contributed by atoms with van der Waals surface area (Å²) in [5.41, 5.74) is 0. The van der Waals surface area contributed by atoms with Gasteiger partial charge in [0.1, 0.15) is 6.35 Å². The van der Waals surface area contributed by atoms with Gasteiger partial charge in [0.05, 0.1) is 0 Å². The highest BCUT2D eigenvalue weighted by atomic mass is 14.8. The first-order valence-electron chi connectivity index (χ1n) is 4.65. The summed E-state index contributed by atoms with van der Waals surface area (Å²) in [6.45, 7) is 1.56. The van der Waals surface area contributed by atoms with Crippen LogP contribution in [0.5, 0.6) is 0 Å². The number of rotatable bonds is 6. The van der Waals surface area contributed by atoms with Crippen LogP contribution in [0, 0.1) is 5.39 Å². The number of hydrogen-bond acceptors (Lipinski definition) is 1. The molecule has 0 rings (SSSR count). The van der Waals surface area contributed by atoms with Crippen molar-refractivity contribution < 1.29 is 1.37 Å². The van der Waals surface area contributed by atoms with Crippen molar-refractivity contribution in [3.05, 3.63) is 4.98 Å². The number of unbranched alkanes of at least 4 members (excludes halogenated alkanes) is 4. The molecule has 0 aliphatic rings. The van der Waals surface area contributed by atoms with Gasteiger partial charge in [-0.1, -0.05) is 32.6 Å². The minimum absolute atomic E-state index is 0.614. The molecule has 58 valence electrons. The maximum absolute atomic E-state index is 8.17. The molecule has 2 nitrogen and oxygen atoms in total. The molecule has 0 aliphatic heterocycles. The molecular weight excluding hydrogens is 124 g/mol. The summed E-state index contributed by atoms with van der Waals surface area (Å²) in [6, 6.07) is 0. The van der Waals surface area contributed by atoms with E-state index in [1.54, 1.807) is 0 Å². The van der Waals surface area contributed by atoms with E-state index in [1.165, 1.54) is 25.7 Å². The lowest BCUT2D eigenvalue weighted by Gasteiger charge is -1.93. The first-order valence-corrected chi connectivity index (χ1v) is 4.07. The van der Waals surface area contributed by atoms with Gasteiger partial charge in [-0.25, -0.2) is 0 Å². The van der Waals surface area contributed by atoms with Crippen molar-refractivity contribution in [2.75, 3.05) is 6.52 Å². The van der Waals surface area contributed by atoms with Gasteiger partial charge >= 0.3 is 6.52 Å². The molecule has 0 aliphatic carbocycles. The third-order valence-corrected chi connectivity index (χ3v) is 1.52. The Balaban J connectivity index is 2.97. The standard InChI is InChI=1S/C8H17N2/c1-2-3-4-5-6-7-8-10-9/h2-8H2,1H3/q+1/i8D/t8-/m1/s1. The van der Waals surface area contributed by atoms with Crippen LogP contribution in [0.2, 0.25) is 0 Å². The quantitative estimate of drug-likeness (QED) is 0.413. The molecule has 0 amide bonds. The molecule has 2 heteroatoms. The Morgan fingerprint density at radius 2 is 1.80 bits per heavy atom. The van der Waals surface area contributed by atoms with E-state index in [0.29, 0.717) is 6.42 Å². The molecular formula is C8H17N2+. The van der Waals surface area contributed by atoms with E-state index in [1.807, 2.05) is 0 Å². The van der Waals surface area contributed by atoms with Crippen molar-refractivity contribution in [2.24, 2.45) is 0 Å². The maximum atomic E-state index is 8.17. The summed E-state index contributed by atoms with van der Waals surface area (Å²) < 4.78 is 7.08. The molecule has 0 saturated heterocycles. The Kier molecular flexibility index (Phi) is 6.34. The average Bonchev–Trinajstić information content (AvgIpc) is 2.04. The molecule has 0 fully saturated rings. The van der Waals surface area contributed by atoms with Gasteiger partial charge in [-0.05, 0) is 6.42 Å². The lowest BCUT2D eigenvalue weighted by atomic mass is 10.1. The summed E-state index contributed by atoms with van der Waals surface area (Å²) in [5.74, 6) is 0. The molecule has 1 atom stereocenters. The number of diazo groups is 1. The van der Waals surface area contributed by atoms with Crippen LogP contribution in [-0.4, -0.2) is 6.52 Å². The molecule has 10 heavy (non-hydrogen) atoms. The van der Waals surface area contributed by atoms with Crippen LogP contribution in [0.15, 0.2) is 0 Å². The van der Waals surface area contributed by atoms with Crippen LogP contribution >= 0.6 is 0 Å². The molecule has 0 unspecified atom stereocenters. The lowest BCUT2D eigenvalue weighted by Crippen LogP contribution is -1.80. The van der Waals surface area contributed by atoms with Gasteiger partial charge in [0, 0.05) is 6.42 Å². The maximum Gasteiger partial charge on any atom is 0.305 e. The number of hydrogen-bond donors (Lipinski definition) is 0. The smallest absolute Gasteiger partial charge is 0.0654 e. The second kappa shape index (κ2) is 8.42. The summed E-state index contributed by atoms with van der Waals surface area (Å²) in [4.78, 5) is 2.87. The minimum atomic E-state index is -0.614. The highest BCUT2D eigenvalue weighted by molar-refractivity contribution is 4.53. The highest BCUT2D eigenvalue weighted by Gasteiger charge is 1.93. The van der Waals surface area contributed by atoms with Gasteiger partial charge in [0.15, 0.2) is 0 Å². The minimum Gasteiger partial charge on any atom is -0.0654 e. The van der Waals surface area contributed by atoms with Gasteiger partial charge in [-0.15, -0.1) is 0 Å². The summed E-state index contributed by atoms with van der Waals surface area (Å²) in [6.07, 6.45) is 6.64. The zero-order valence-corrected chi connectivity index (χ0v) is 6.71. The van der Waals surface area contributed by atoms with Crippen LogP contribution in [0.4, 0.5) is 0 Å². The van der Waals surface area contributed by atoms with Gasteiger partial charge in [-0.2, -0.15) is 0 Å². The summed E-state index contributed by atoms with van der Waals surface area (Å²) in [5, 5.41) is 8.17. The Labute approximate surface area is 64.7 Å². The fraction of sp³-hybridized carbons (Fsp3) is 1.00. The average molecular weight is 142 g/mol. The highest BCUT2D eigenvalue weighted by Crippen LogP contribution is 2.04. The van der Waals surface area contributed by atoms with Crippen molar-refractivity contribution in [1.29, 1.82) is 5.39 Å². The fourth-order valence-corrected chi connectivity index (χ4v) is 0.897. The molecule has 0 aromatic rings. The van der Waals surface area contributed by atoms with Gasteiger partial charge in [0.25, 0.3) is 0 Å². The first kappa shape index (κ1) is 7.53. The Hall–Kier alpha value is -0.580. The van der Waals surface area contributed by atoms with Crippen molar-refractivity contribution >= 4 is 0 Å². The third kappa shape index (κ3) is 7.42. The van der Waals surface area contributed by atoms with Crippen LogP contribution in [-0.2, 0) is 0 Å². The van der Waals surface area contributed by atoms with E-state index >= 15 is 0 Å². The van der Waals surface area contributed by atoms with Crippen molar-refractivity contribution in [3.63, 3.8) is 0 Å². The van der Waals surface area contributed by atoms with Crippen molar-refractivity contribution in [2.45, 2.75) is 45.4 Å². The third-order valence-electron chi connectivity index (χ3n) is 1.52. The Morgan fingerprint density at radius 3 is 2.40 bits per heavy atom. The predicted molar refractivity (Wildman–Crippen MR) is 43.3 cm³/mol. The molecule has 0 aromatic carbocycles. The van der Waals surface area contributed by atoms with Crippen LogP contribution < -0.4 is 0 Å². The number of nitrogens with zero attached hydrogens (tertiary/aromatic N) is 2. The SMILES string of the molecule is [2H][C@H](CCCCCCC)[N+]#N. The fourth-order valence-electron chi connectivity index (χ4n) is 0.897. The molecule has 0 aromatic heterocycles. The van der Waals surface area contributed by atoms with E-state index in [4.69, 9.17) is 6.76 Å². The normalized spacial score (nSPS) is 13.8. The summed E-state index contributed by atoms with van der Waals surface area (Å²) >= 11 is 0. The largest absolute Gasteiger partial charge is 0.305 e. The Morgan fingerprint density at radius 1 is 1.20 bits per heavy atom. The van der Waals surface area contributed by atoms with Gasteiger partial charge < -0.3 is 0 Å². The first-order chi connectivity index (χ1) is 5.31. The molecule has 0 saturated carbocycles. The molecule has 0 heterocycles. The topological polar surface area (TPSA) is 28.1 Å².